The van der Waals surface area contributed by atoms with E-state index in [0.717, 1.165) is 5.56 Å². The monoisotopic (exact) mass is 349 g/mol. The molecule has 2 aromatic carbocycles. The Morgan fingerprint density at radius 1 is 1.12 bits per heavy atom. The zero-order valence-corrected chi connectivity index (χ0v) is 14.8. The van der Waals surface area contributed by atoms with Crippen molar-refractivity contribution in [2.45, 2.75) is 24.8 Å². The molecule has 130 valence electrons. The third kappa shape index (κ3) is 4.14. The summed E-state index contributed by atoms with van der Waals surface area (Å²) in [5, 5.41) is 9.26. The molecule has 5 nitrogen and oxygen atoms in total. The van der Waals surface area contributed by atoms with Gasteiger partial charge in [0.15, 0.2) is 0 Å². The summed E-state index contributed by atoms with van der Waals surface area (Å²) < 4.78 is 32.7. The zero-order valence-electron chi connectivity index (χ0n) is 14.0. The average molecular weight is 349 g/mol. The van der Waals surface area contributed by atoms with Crippen LogP contribution >= 0.6 is 0 Å². The molecule has 0 heterocycles. The maximum Gasteiger partial charge on any atom is 0.243 e. The van der Waals surface area contributed by atoms with Crippen LogP contribution in [0.4, 0.5) is 0 Å². The van der Waals surface area contributed by atoms with Crippen molar-refractivity contribution >= 4 is 10.0 Å². The third-order valence-electron chi connectivity index (χ3n) is 3.82. The minimum atomic E-state index is -3.66. The number of hydrogen-bond acceptors (Lipinski definition) is 4. The lowest BCUT2D eigenvalue weighted by Gasteiger charge is -2.22. The van der Waals surface area contributed by atoms with Crippen molar-refractivity contribution in [3.05, 3.63) is 59.7 Å². The van der Waals surface area contributed by atoms with E-state index in [9.17, 15) is 13.5 Å². The van der Waals surface area contributed by atoms with Crippen molar-refractivity contribution in [1.82, 2.24) is 4.31 Å². The van der Waals surface area contributed by atoms with Gasteiger partial charge in [0.2, 0.25) is 10.0 Å². The van der Waals surface area contributed by atoms with Gasteiger partial charge < -0.3 is 9.84 Å². The molecule has 2 aromatic rings. The molecule has 0 saturated heterocycles. The highest BCUT2D eigenvalue weighted by Crippen LogP contribution is 2.26. The van der Waals surface area contributed by atoms with E-state index in [1.165, 1.54) is 11.4 Å². The summed E-state index contributed by atoms with van der Waals surface area (Å²) in [5.74, 6) is 0.573. The molecule has 0 spiro atoms. The number of nitrogens with zero attached hydrogens (tertiary/aromatic N) is 1. The van der Waals surface area contributed by atoms with Crippen LogP contribution in [-0.4, -0.2) is 38.1 Å². The summed E-state index contributed by atoms with van der Waals surface area (Å²) in [6.45, 7) is 2.36. The molecule has 0 atom stereocenters. The van der Waals surface area contributed by atoms with Crippen LogP contribution < -0.4 is 4.74 Å². The van der Waals surface area contributed by atoms with Gasteiger partial charge in [0.05, 0.1) is 12.0 Å². The van der Waals surface area contributed by atoms with Crippen LogP contribution in [0.25, 0.3) is 0 Å². The van der Waals surface area contributed by atoms with Gasteiger partial charge in [-0.15, -0.1) is 0 Å². The topological polar surface area (TPSA) is 66.8 Å². The molecule has 6 heteroatoms. The maximum atomic E-state index is 13.1. The lowest BCUT2D eigenvalue weighted by molar-refractivity contribution is 0.298. The van der Waals surface area contributed by atoms with Crippen LogP contribution in [0.5, 0.6) is 5.75 Å². The van der Waals surface area contributed by atoms with Crippen LogP contribution in [0.15, 0.2) is 53.4 Å². The van der Waals surface area contributed by atoms with Crippen LogP contribution in [-0.2, 0) is 23.0 Å². The number of benzene rings is 2. The first kappa shape index (κ1) is 18.4. The van der Waals surface area contributed by atoms with E-state index in [4.69, 9.17) is 4.74 Å². The number of aliphatic hydroxyl groups is 1. The number of methoxy groups -OCH3 is 1. The summed E-state index contributed by atoms with van der Waals surface area (Å²) in [6, 6.07) is 14.3. The van der Waals surface area contributed by atoms with Gasteiger partial charge in [-0.05, 0) is 35.7 Å². The molecular weight excluding hydrogens is 326 g/mol. The van der Waals surface area contributed by atoms with Crippen molar-refractivity contribution in [3.63, 3.8) is 0 Å². The Labute approximate surface area is 143 Å². The van der Waals surface area contributed by atoms with Crippen LogP contribution in [0.2, 0.25) is 0 Å². The molecule has 1 N–H and O–H groups in total. The minimum absolute atomic E-state index is 0.125. The largest absolute Gasteiger partial charge is 0.497 e. The maximum absolute atomic E-state index is 13.1. The number of sulfonamides is 1. The lowest BCUT2D eigenvalue weighted by atomic mass is 10.1. The lowest BCUT2D eigenvalue weighted by Crippen LogP contribution is -2.31. The molecule has 0 aliphatic heterocycles. The summed E-state index contributed by atoms with van der Waals surface area (Å²) in [6.07, 6.45) is 0.259. The van der Waals surface area contributed by atoms with Gasteiger partial charge in [-0.1, -0.05) is 37.3 Å². The quantitative estimate of drug-likeness (QED) is 0.795. The SMILES string of the molecule is CCN(Cc1ccccc1)S(=O)(=O)c1ccc(OC)cc1CCO. The van der Waals surface area contributed by atoms with E-state index in [1.54, 1.807) is 18.2 Å². The molecule has 0 unspecified atom stereocenters. The Hall–Kier alpha value is -1.89. The second kappa shape index (κ2) is 8.28. The summed E-state index contributed by atoms with van der Waals surface area (Å²) >= 11 is 0. The zero-order chi connectivity index (χ0) is 17.6. The fourth-order valence-electron chi connectivity index (χ4n) is 2.54. The Balaban J connectivity index is 2.40. The minimum Gasteiger partial charge on any atom is -0.497 e. The highest BCUT2D eigenvalue weighted by molar-refractivity contribution is 7.89. The van der Waals surface area contributed by atoms with E-state index >= 15 is 0 Å². The molecule has 0 bridgehead atoms. The Morgan fingerprint density at radius 3 is 2.42 bits per heavy atom. The van der Waals surface area contributed by atoms with Gasteiger partial charge in [0, 0.05) is 19.7 Å². The molecule has 0 amide bonds. The summed E-state index contributed by atoms with van der Waals surface area (Å²) in [5.41, 5.74) is 1.49. The highest BCUT2D eigenvalue weighted by atomic mass is 32.2. The van der Waals surface area contributed by atoms with Gasteiger partial charge in [0.1, 0.15) is 5.75 Å². The fourth-order valence-corrected chi connectivity index (χ4v) is 4.21. The average Bonchev–Trinajstić information content (AvgIpc) is 2.60. The second-order valence-corrected chi connectivity index (χ2v) is 7.27. The van der Waals surface area contributed by atoms with Crippen molar-refractivity contribution < 1.29 is 18.3 Å². The Kier molecular flexibility index (Phi) is 6.36. The molecule has 2 rings (SSSR count). The van der Waals surface area contributed by atoms with Crippen LogP contribution in [0, 0.1) is 0 Å². The number of hydrogen-bond donors (Lipinski definition) is 1. The molecule has 0 saturated carbocycles. The van der Waals surface area contributed by atoms with Crippen molar-refractivity contribution in [2.24, 2.45) is 0 Å². The first-order valence-electron chi connectivity index (χ1n) is 7.84. The predicted molar refractivity (Wildman–Crippen MR) is 93.5 cm³/mol. The first-order valence-corrected chi connectivity index (χ1v) is 9.28. The van der Waals surface area contributed by atoms with E-state index in [2.05, 4.69) is 0 Å². The smallest absolute Gasteiger partial charge is 0.243 e. The number of aliphatic hydroxyl groups excluding tert-OH is 1. The van der Waals surface area contributed by atoms with Crippen molar-refractivity contribution in [2.75, 3.05) is 20.3 Å². The predicted octanol–water partition coefficient (Wildman–Crippen LogP) is 2.44. The van der Waals surface area contributed by atoms with Crippen molar-refractivity contribution in [1.29, 1.82) is 0 Å². The highest BCUT2D eigenvalue weighted by Gasteiger charge is 2.26. The number of rotatable bonds is 8. The van der Waals surface area contributed by atoms with Crippen LogP contribution in [0.3, 0.4) is 0 Å². The molecule has 0 aliphatic rings. The second-order valence-electron chi connectivity index (χ2n) is 5.36. The van der Waals surface area contributed by atoms with E-state index in [1.807, 2.05) is 37.3 Å². The van der Waals surface area contributed by atoms with Gasteiger partial charge in [-0.25, -0.2) is 8.42 Å². The molecule has 24 heavy (non-hydrogen) atoms. The summed E-state index contributed by atoms with van der Waals surface area (Å²) in [4.78, 5) is 0.218. The molecule has 0 aromatic heterocycles. The number of ether oxygens (including phenoxy) is 1. The Bertz CT molecular complexity index is 760. The third-order valence-corrected chi connectivity index (χ3v) is 5.84. The Morgan fingerprint density at radius 2 is 1.83 bits per heavy atom. The normalized spacial score (nSPS) is 11.7. The molecule has 0 aliphatic carbocycles. The molecule has 0 fully saturated rings. The molecule has 0 radical (unpaired) electrons. The molecular formula is C18H23NO4S. The van der Waals surface area contributed by atoms with Gasteiger partial charge >= 0.3 is 0 Å². The van der Waals surface area contributed by atoms with Gasteiger partial charge in [0.25, 0.3) is 0 Å². The van der Waals surface area contributed by atoms with E-state index in [0.29, 0.717) is 24.4 Å². The van der Waals surface area contributed by atoms with Crippen molar-refractivity contribution in [3.8, 4) is 5.75 Å². The van der Waals surface area contributed by atoms with Gasteiger partial charge in [-0.2, -0.15) is 4.31 Å². The fraction of sp³-hybridized carbons (Fsp3) is 0.333. The summed E-state index contributed by atoms with van der Waals surface area (Å²) in [7, 11) is -2.13. The van der Waals surface area contributed by atoms with E-state index in [-0.39, 0.29) is 17.9 Å². The first-order chi connectivity index (χ1) is 11.5. The van der Waals surface area contributed by atoms with Gasteiger partial charge in [-0.3, -0.25) is 0 Å². The standard InChI is InChI=1S/C18H23NO4S/c1-3-19(14-15-7-5-4-6-8-15)24(21,22)18-10-9-17(23-2)13-16(18)11-12-20/h4-10,13,20H,3,11-12,14H2,1-2H3. The van der Waals surface area contributed by atoms with Crippen LogP contribution in [0.1, 0.15) is 18.1 Å². The van der Waals surface area contributed by atoms with E-state index < -0.39 is 10.0 Å².